The van der Waals surface area contributed by atoms with Crippen molar-refractivity contribution in [3.63, 3.8) is 0 Å². The number of likely N-dealkylation sites (tertiary alicyclic amines) is 1. The van der Waals surface area contributed by atoms with Gasteiger partial charge in [0.1, 0.15) is 12.4 Å². The molecule has 0 radical (unpaired) electrons. The number of benzene rings is 1. The van der Waals surface area contributed by atoms with Crippen molar-refractivity contribution in [2.75, 3.05) is 19.7 Å². The molecule has 96 valence electrons. The monoisotopic (exact) mass is 246 g/mol. The van der Waals surface area contributed by atoms with Gasteiger partial charge in [-0.2, -0.15) is 0 Å². The van der Waals surface area contributed by atoms with Gasteiger partial charge in [0.2, 0.25) is 5.91 Å². The van der Waals surface area contributed by atoms with E-state index in [1.165, 1.54) is 0 Å². The van der Waals surface area contributed by atoms with Crippen molar-refractivity contribution in [3.05, 3.63) is 29.8 Å². The van der Waals surface area contributed by atoms with Gasteiger partial charge in [-0.3, -0.25) is 4.79 Å². The maximum Gasteiger partial charge on any atom is 0.240 e. The summed E-state index contributed by atoms with van der Waals surface area (Å²) >= 11 is 0. The number of likely N-dealkylation sites (N-methyl/N-ethyl adjacent to an activating group) is 1. The molecular weight excluding hydrogens is 228 g/mol. The number of hydrogen-bond donors (Lipinski definition) is 1. The number of nitrogens with zero attached hydrogens (tertiary/aromatic N) is 1. The van der Waals surface area contributed by atoms with Crippen molar-refractivity contribution in [2.45, 2.75) is 25.4 Å². The molecule has 0 bridgehead atoms. The Labute approximate surface area is 107 Å². The fourth-order valence-electron chi connectivity index (χ4n) is 2.85. The Morgan fingerprint density at radius 3 is 3.11 bits per heavy atom. The molecule has 3 rings (SSSR count). The van der Waals surface area contributed by atoms with Gasteiger partial charge in [0, 0.05) is 12.1 Å². The highest BCUT2D eigenvalue weighted by atomic mass is 16.5. The van der Waals surface area contributed by atoms with Crippen LogP contribution in [0.1, 0.15) is 24.9 Å². The molecule has 18 heavy (non-hydrogen) atoms. The molecule has 1 aromatic rings. The molecule has 1 saturated heterocycles. The summed E-state index contributed by atoms with van der Waals surface area (Å²) in [5, 5.41) is 3.24. The van der Waals surface area contributed by atoms with Gasteiger partial charge in [-0.25, -0.2) is 0 Å². The highest BCUT2D eigenvalue weighted by Gasteiger charge is 2.39. The SMILES string of the molecule is CCNC1CCN(C2COc3ccccc32)C1=O. The lowest BCUT2D eigenvalue weighted by molar-refractivity contribution is -0.131. The van der Waals surface area contributed by atoms with E-state index in [0.717, 1.165) is 30.8 Å². The molecule has 0 spiro atoms. The third-order valence-corrected chi connectivity index (χ3v) is 3.74. The van der Waals surface area contributed by atoms with Gasteiger partial charge in [0.15, 0.2) is 0 Å². The molecule has 2 aliphatic rings. The summed E-state index contributed by atoms with van der Waals surface area (Å²) in [7, 11) is 0. The van der Waals surface area contributed by atoms with Gasteiger partial charge < -0.3 is 15.0 Å². The molecule has 2 heterocycles. The van der Waals surface area contributed by atoms with Crippen LogP contribution in [0.3, 0.4) is 0 Å². The second-order valence-corrected chi connectivity index (χ2v) is 4.80. The molecule has 4 heteroatoms. The zero-order chi connectivity index (χ0) is 12.5. The van der Waals surface area contributed by atoms with Crippen LogP contribution < -0.4 is 10.1 Å². The molecule has 4 nitrogen and oxygen atoms in total. The van der Waals surface area contributed by atoms with E-state index >= 15 is 0 Å². The van der Waals surface area contributed by atoms with Crippen molar-refractivity contribution in [1.82, 2.24) is 10.2 Å². The zero-order valence-electron chi connectivity index (χ0n) is 10.6. The van der Waals surface area contributed by atoms with E-state index in [1.54, 1.807) is 0 Å². The molecule has 1 amide bonds. The molecule has 1 fully saturated rings. The van der Waals surface area contributed by atoms with Crippen molar-refractivity contribution in [1.29, 1.82) is 0 Å². The highest BCUT2D eigenvalue weighted by Crippen LogP contribution is 2.37. The van der Waals surface area contributed by atoms with Crippen LogP contribution in [-0.2, 0) is 4.79 Å². The first-order valence-corrected chi connectivity index (χ1v) is 6.57. The first-order valence-electron chi connectivity index (χ1n) is 6.57. The van der Waals surface area contributed by atoms with E-state index in [9.17, 15) is 4.79 Å². The van der Waals surface area contributed by atoms with Gasteiger partial charge in [-0.15, -0.1) is 0 Å². The van der Waals surface area contributed by atoms with Crippen LogP contribution >= 0.6 is 0 Å². The number of nitrogens with one attached hydrogen (secondary N) is 1. The maximum atomic E-state index is 12.3. The number of rotatable bonds is 3. The molecular formula is C14H18N2O2. The summed E-state index contributed by atoms with van der Waals surface area (Å²) in [5.74, 6) is 1.13. The highest BCUT2D eigenvalue weighted by molar-refractivity contribution is 5.84. The van der Waals surface area contributed by atoms with E-state index in [-0.39, 0.29) is 18.0 Å². The fourth-order valence-corrected chi connectivity index (χ4v) is 2.85. The molecule has 1 aromatic carbocycles. The minimum atomic E-state index is -0.0113. The summed E-state index contributed by atoms with van der Waals surface area (Å²) in [6.07, 6.45) is 0.894. The third-order valence-electron chi connectivity index (χ3n) is 3.74. The molecule has 0 saturated carbocycles. The average Bonchev–Trinajstić information content (AvgIpc) is 2.95. The van der Waals surface area contributed by atoms with Crippen LogP contribution in [0.25, 0.3) is 0 Å². The van der Waals surface area contributed by atoms with Crippen LogP contribution in [0, 0.1) is 0 Å². The number of ether oxygens (including phenoxy) is 1. The van der Waals surface area contributed by atoms with Gasteiger partial charge in [-0.05, 0) is 19.0 Å². The van der Waals surface area contributed by atoms with Crippen LogP contribution in [-0.4, -0.2) is 36.5 Å². The quantitative estimate of drug-likeness (QED) is 0.875. The van der Waals surface area contributed by atoms with E-state index < -0.39 is 0 Å². The number of amides is 1. The van der Waals surface area contributed by atoms with Gasteiger partial charge in [0.05, 0.1) is 12.1 Å². The lowest BCUT2D eigenvalue weighted by Crippen LogP contribution is -2.40. The summed E-state index contributed by atoms with van der Waals surface area (Å²) in [5.41, 5.74) is 1.14. The molecule has 1 N–H and O–H groups in total. The Morgan fingerprint density at radius 2 is 2.28 bits per heavy atom. The van der Waals surface area contributed by atoms with Crippen LogP contribution in [0.4, 0.5) is 0 Å². The van der Waals surface area contributed by atoms with Crippen LogP contribution in [0.2, 0.25) is 0 Å². The number of fused-ring (bicyclic) bond motifs is 1. The number of carbonyl (C=O) groups excluding carboxylic acids is 1. The van der Waals surface area contributed by atoms with E-state index in [0.29, 0.717) is 6.61 Å². The second kappa shape index (κ2) is 4.61. The summed E-state index contributed by atoms with van der Waals surface area (Å²) in [6.45, 7) is 4.27. The normalized spacial score (nSPS) is 26.3. The van der Waals surface area contributed by atoms with Gasteiger partial charge in [-0.1, -0.05) is 25.1 Å². The predicted molar refractivity (Wildman–Crippen MR) is 68.5 cm³/mol. The topological polar surface area (TPSA) is 41.6 Å². The lowest BCUT2D eigenvalue weighted by atomic mass is 10.1. The van der Waals surface area contributed by atoms with E-state index in [4.69, 9.17) is 4.74 Å². The van der Waals surface area contributed by atoms with Gasteiger partial charge >= 0.3 is 0 Å². The summed E-state index contributed by atoms with van der Waals surface area (Å²) in [6, 6.07) is 8.08. The minimum absolute atomic E-state index is 0.0113. The molecule has 2 atom stereocenters. The van der Waals surface area contributed by atoms with Gasteiger partial charge in [0.25, 0.3) is 0 Å². The van der Waals surface area contributed by atoms with Crippen molar-refractivity contribution < 1.29 is 9.53 Å². The first-order chi connectivity index (χ1) is 8.81. The first kappa shape index (κ1) is 11.5. The number of carbonyl (C=O) groups is 1. The standard InChI is InChI=1S/C14H18N2O2/c1-2-15-11-7-8-16(14(11)17)12-9-18-13-6-4-3-5-10(12)13/h3-6,11-12,15H,2,7-9H2,1H3. The van der Waals surface area contributed by atoms with Crippen molar-refractivity contribution in [3.8, 4) is 5.75 Å². The average molecular weight is 246 g/mol. The Bertz CT molecular complexity index is 461. The van der Waals surface area contributed by atoms with E-state index in [2.05, 4.69) is 11.4 Å². The Kier molecular flexibility index (Phi) is 2.96. The second-order valence-electron chi connectivity index (χ2n) is 4.80. The predicted octanol–water partition coefficient (Wildman–Crippen LogP) is 1.33. The Balaban J connectivity index is 1.80. The molecule has 2 aliphatic heterocycles. The van der Waals surface area contributed by atoms with Crippen LogP contribution in [0.15, 0.2) is 24.3 Å². The maximum absolute atomic E-state index is 12.3. The Hall–Kier alpha value is -1.55. The molecule has 2 unspecified atom stereocenters. The minimum Gasteiger partial charge on any atom is -0.491 e. The smallest absolute Gasteiger partial charge is 0.240 e. The Morgan fingerprint density at radius 1 is 1.44 bits per heavy atom. The molecule has 0 aliphatic carbocycles. The van der Waals surface area contributed by atoms with Crippen LogP contribution in [0.5, 0.6) is 5.75 Å². The lowest BCUT2D eigenvalue weighted by Gasteiger charge is -2.23. The van der Waals surface area contributed by atoms with Crippen molar-refractivity contribution in [2.24, 2.45) is 0 Å². The van der Waals surface area contributed by atoms with E-state index in [1.807, 2.05) is 30.0 Å². The zero-order valence-corrected chi connectivity index (χ0v) is 10.6. The molecule has 0 aromatic heterocycles. The van der Waals surface area contributed by atoms with Crippen molar-refractivity contribution >= 4 is 5.91 Å². The largest absolute Gasteiger partial charge is 0.491 e. The number of hydrogen-bond acceptors (Lipinski definition) is 3. The number of para-hydroxylation sites is 1. The third kappa shape index (κ3) is 1.77. The summed E-state index contributed by atoms with van der Waals surface area (Å²) < 4.78 is 5.65. The summed E-state index contributed by atoms with van der Waals surface area (Å²) in [4.78, 5) is 14.3. The fraction of sp³-hybridized carbons (Fsp3) is 0.500.